The number of ether oxygens (including phenoxy) is 1. The molecular weight excluding hydrogens is 397 g/mol. The molecule has 6 nitrogen and oxygen atoms in total. The van der Waals surface area contributed by atoms with E-state index in [4.69, 9.17) is 4.74 Å². The summed E-state index contributed by atoms with van der Waals surface area (Å²) in [5, 5.41) is 5.66. The van der Waals surface area contributed by atoms with Gasteiger partial charge in [-0.05, 0) is 62.3 Å². The van der Waals surface area contributed by atoms with Crippen LogP contribution in [0.2, 0.25) is 0 Å². The first kappa shape index (κ1) is 17.1. The van der Waals surface area contributed by atoms with Gasteiger partial charge in [0.15, 0.2) is 0 Å². The van der Waals surface area contributed by atoms with E-state index in [1.165, 1.54) is 0 Å². The van der Waals surface area contributed by atoms with Crippen molar-refractivity contribution < 1.29 is 14.3 Å². The first-order chi connectivity index (χ1) is 10.3. The monoisotopic (exact) mass is 419 g/mol. The smallest absolute Gasteiger partial charge is 0.407 e. The minimum absolute atomic E-state index is 0.0222. The maximum atomic E-state index is 11.8. The zero-order valence-electron chi connectivity index (χ0n) is 13.1. The molecule has 1 aromatic heterocycles. The van der Waals surface area contributed by atoms with E-state index >= 15 is 0 Å². The predicted molar refractivity (Wildman–Crippen MR) is 92.0 cm³/mol. The third-order valence-electron chi connectivity index (χ3n) is 3.32. The average molecular weight is 419 g/mol. The summed E-state index contributed by atoms with van der Waals surface area (Å²) in [5.74, 6) is -0.0222. The predicted octanol–water partition coefficient (Wildman–Crippen LogP) is 2.68. The van der Waals surface area contributed by atoms with Gasteiger partial charge >= 0.3 is 6.09 Å². The van der Waals surface area contributed by atoms with Gasteiger partial charge in [-0.2, -0.15) is 0 Å². The summed E-state index contributed by atoms with van der Waals surface area (Å²) < 4.78 is 8.28. The van der Waals surface area contributed by atoms with Crippen molar-refractivity contribution in [1.29, 1.82) is 0 Å². The molecule has 1 aliphatic heterocycles. The van der Waals surface area contributed by atoms with Crippen molar-refractivity contribution in [2.24, 2.45) is 0 Å². The number of alkyl carbamates (subject to hydrolysis) is 1. The molecule has 0 saturated carbocycles. The van der Waals surface area contributed by atoms with Crippen LogP contribution in [0.15, 0.2) is 12.3 Å². The Morgan fingerprint density at radius 3 is 2.95 bits per heavy atom. The number of aromatic nitrogens is 1. The number of rotatable bonds is 4. The Kier molecular flexibility index (Phi) is 5.36. The number of nitrogens with zero attached hydrogens (tertiary/aromatic N) is 1. The Labute approximate surface area is 144 Å². The van der Waals surface area contributed by atoms with Gasteiger partial charge in [-0.1, -0.05) is 0 Å². The van der Waals surface area contributed by atoms with Crippen LogP contribution in [0.1, 0.15) is 50.1 Å². The van der Waals surface area contributed by atoms with Crippen LogP contribution in [0.5, 0.6) is 0 Å². The fraction of sp³-hybridized carbons (Fsp3) is 0.600. The first-order valence-electron chi connectivity index (χ1n) is 7.39. The van der Waals surface area contributed by atoms with Crippen LogP contribution in [-0.2, 0) is 4.74 Å². The SMILES string of the molecule is CC(C)(C)OC(=O)NCCC[C@H]1CNC(=O)c2cc(I)cn21. The van der Waals surface area contributed by atoms with Crippen molar-refractivity contribution in [3.8, 4) is 0 Å². The summed E-state index contributed by atoms with van der Waals surface area (Å²) in [6.07, 6.45) is 3.32. The maximum Gasteiger partial charge on any atom is 0.407 e. The molecule has 0 unspecified atom stereocenters. The van der Waals surface area contributed by atoms with Gasteiger partial charge in [0.05, 0.1) is 6.04 Å². The molecule has 1 aromatic rings. The lowest BCUT2D eigenvalue weighted by Gasteiger charge is -2.26. The number of carbonyl (C=O) groups excluding carboxylic acids is 2. The first-order valence-corrected chi connectivity index (χ1v) is 8.46. The standard InChI is InChI=1S/C15H22IN3O3/c1-15(2,3)22-14(21)17-6-4-5-11-8-18-13(20)12-7-10(16)9-19(11)12/h7,9,11H,4-6,8H2,1-3H3,(H,17,21)(H,18,20)/t11-/m0/s1. The van der Waals surface area contributed by atoms with Gasteiger partial charge in [0.1, 0.15) is 11.3 Å². The molecule has 122 valence electrons. The molecule has 22 heavy (non-hydrogen) atoms. The molecule has 2 rings (SSSR count). The van der Waals surface area contributed by atoms with E-state index in [2.05, 4.69) is 33.2 Å². The molecule has 0 aliphatic carbocycles. The summed E-state index contributed by atoms with van der Waals surface area (Å²) in [4.78, 5) is 23.3. The lowest BCUT2D eigenvalue weighted by Crippen LogP contribution is -2.39. The van der Waals surface area contributed by atoms with E-state index in [0.29, 0.717) is 18.8 Å². The molecular formula is C15H22IN3O3. The highest BCUT2D eigenvalue weighted by Crippen LogP contribution is 2.23. The number of fused-ring (bicyclic) bond motifs is 1. The van der Waals surface area contributed by atoms with Crippen molar-refractivity contribution in [2.75, 3.05) is 13.1 Å². The fourth-order valence-electron chi connectivity index (χ4n) is 2.41. The van der Waals surface area contributed by atoms with Crippen LogP contribution in [0, 0.1) is 3.57 Å². The van der Waals surface area contributed by atoms with Gasteiger partial charge in [-0.15, -0.1) is 0 Å². The number of hydrogen-bond acceptors (Lipinski definition) is 3. The van der Waals surface area contributed by atoms with Gasteiger partial charge in [-0.25, -0.2) is 4.79 Å². The summed E-state index contributed by atoms with van der Waals surface area (Å²) in [7, 11) is 0. The molecule has 0 aromatic carbocycles. The molecule has 2 N–H and O–H groups in total. The lowest BCUT2D eigenvalue weighted by atomic mass is 10.1. The van der Waals surface area contributed by atoms with Gasteiger partial charge in [0, 0.05) is 22.9 Å². The normalized spacial score (nSPS) is 17.6. The van der Waals surface area contributed by atoms with E-state index in [-0.39, 0.29) is 18.0 Å². The second-order valence-corrected chi connectivity index (χ2v) is 7.63. The summed E-state index contributed by atoms with van der Waals surface area (Å²) in [5.41, 5.74) is 0.231. The van der Waals surface area contributed by atoms with E-state index < -0.39 is 5.60 Å². The van der Waals surface area contributed by atoms with Crippen molar-refractivity contribution in [3.05, 3.63) is 21.5 Å². The quantitative estimate of drug-likeness (QED) is 0.583. The van der Waals surface area contributed by atoms with E-state index in [1.54, 1.807) is 0 Å². The van der Waals surface area contributed by atoms with Crippen LogP contribution < -0.4 is 10.6 Å². The van der Waals surface area contributed by atoms with Crippen LogP contribution >= 0.6 is 22.6 Å². The molecule has 0 fully saturated rings. The largest absolute Gasteiger partial charge is 0.444 e. The van der Waals surface area contributed by atoms with Gasteiger partial charge in [-0.3, -0.25) is 4.79 Å². The Bertz CT molecular complexity index is 563. The zero-order valence-corrected chi connectivity index (χ0v) is 15.3. The Morgan fingerprint density at radius 2 is 2.27 bits per heavy atom. The highest BCUT2D eigenvalue weighted by atomic mass is 127. The topological polar surface area (TPSA) is 72.4 Å². The summed E-state index contributed by atoms with van der Waals surface area (Å²) in [6, 6.07) is 2.12. The van der Waals surface area contributed by atoms with Crippen molar-refractivity contribution >= 4 is 34.6 Å². The van der Waals surface area contributed by atoms with Gasteiger partial charge in [0.25, 0.3) is 5.91 Å². The molecule has 0 bridgehead atoms. The minimum Gasteiger partial charge on any atom is -0.444 e. The second kappa shape index (κ2) is 6.89. The third-order valence-corrected chi connectivity index (χ3v) is 3.91. The maximum absolute atomic E-state index is 11.8. The third kappa shape index (κ3) is 4.62. The van der Waals surface area contributed by atoms with Crippen molar-refractivity contribution in [2.45, 2.75) is 45.3 Å². The Hall–Kier alpha value is -1.25. The Morgan fingerprint density at radius 1 is 1.55 bits per heavy atom. The number of hydrogen-bond donors (Lipinski definition) is 2. The highest BCUT2D eigenvalue weighted by Gasteiger charge is 2.25. The van der Waals surface area contributed by atoms with E-state index in [0.717, 1.165) is 16.4 Å². The molecule has 0 radical (unpaired) electrons. The van der Waals surface area contributed by atoms with Crippen molar-refractivity contribution in [1.82, 2.24) is 15.2 Å². The molecule has 1 aliphatic rings. The Balaban J connectivity index is 1.80. The molecule has 1 atom stereocenters. The molecule has 7 heteroatoms. The molecule has 2 amide bonds. The second-order valence-electron chi connectivity index (χ2n) is 6.39. The van der Waals surface area contributed by atoms with Gasteiger partial charge in [0.2, 0.25) is 0 Å². The molecule has 0 saturated heterocycles. The van der Waals surface area contributed by atoms with Crippen molar-refractivity contribution in [3.63, 3.8) is 0 Å². The number of nitrogens with one attached hydrogen (secondary N) is 2. The summed E-state index contributed by atoms with van der Waals surface area (Å²) >= 11 is 2.21. The lowest BCUT2D eigenvalue weighted by molar-refractivity contribution is 0.0526. The molecule has 0 spiro atoms. The average Bonchev–Trinajstić information content (AvgIpc) is 2.77. The highest BCUT2D eigenvalue weighted by molar-refractivity contribution is 14.1. The number of amides is 2. The van der Waals surface area contributed by atoms with E-state index in [1.807, 2.05) is 37.6 Å². The summed E-state index contributed by atoms with van der Waals surface area (Å²) in [6.45, 7) is 6.71. The van der Waals surface area contributed by atoms with E-state index in [9.17, 15) is 9.59 Å². The van der Waals surface area contributed by atoms with Crippen LogP contribution in [0.3, 0.4) is 0 Å². The fourth-order valence-corrected chi connectivity index (χ4v) is 3.01. The van der Waals surface area contributed by atoms with Crippen LogP contribution in [0.4, 0.5) is 4.79 Å². The number of halogens is 1. The van der Waals surface area contributed by atoms with Crippen LogP contribution in [-0.4, -0.2) is 35.3 Å². The number of carbonyl (C=O) groups is 2. The van der Waals surface area contributed by atoms with Gasteiger partial charge < -0.3 is 19.9 Å². The minimum atomic E-state index is -0.478. The molecule has 2 heterocycles. The van der Waals surface area contributed by atoms with Crippen LogP contribution in [0.25, 0.3) is 0 Å². The zero-order chi connectivity index (χ0) is 16.3.